The Morgan fingerprint density at radius 1 is 0.744 bits per heavy atom. The molecule has 0 aliphatic heterocycles. The fourth-order valence-corrected chi connectivity index (χ4v) is 4.88. The second-order valence-electron chi connectivity index (χ2n) is 13.6. The topological polar surface area (TPSA) is 88.0 Å². The van der Waals surface area contributed by atoms with E-state index in [9.17, 15) is 15.0 Å². The van der Waals surface area contributed by atoms with E-state index in [1.165, 1.54) is 6.08 Å². The largest absolute Gasteiger partial charge is 0.507 e. The third kappa shape index (κ3) is 12.2. The fourth-order valence-electron chi connectivity index (χ4n) is 4.88. The third-order valence-corrected chi connectivity index (χ3v) is 7.50. The molecule has 0 bridgehead atoms. The lowest BCUT2D eigenvalue weighted by molar-refractivity contribution is -0.116. The van der Waals surface area contributed by atoms with Gasteiger partial charge in [0.2, 0.25) is 11.7 Å². The maximum Gasteiger partial charge on any atom is 0.244 e. The number of phenolic OH excluding ortho intramolecular Hbond substituents is 2. The highest BCUT2D eigenvalue weighted by molar-refractivity contribution is 5.91. The van der Waals surface area contributed by atoms with Crippen molar-refractivity contribution in [2.24, 2.45) is 0 Å². The molecule has 0 radical (unpaired) electrons. The van der Waals surface area contributed by atoms with Gasteiger partial charge in [-0.25, -0.2) is 0 Å². The lowest BCUT2D eigenvalue weighted by Gasteiger charge is -2.28. The highest BCUT2D eigenvalue weighted by Crippen LogP contribution is 2.40. The highest BCUT2D eigenvalue weighted by atomic mass is 16.5. The predicted molar refractivity (Wildman–Crippen MR) is 179 cm³/mol. The van der Waals surface area contributed by atoms with Crippen molar-refractivity contribution in [2.45, 2.75) is 124 Å². The van der Waals surface area contributed by atoms with E-state index in [1.54, 1.807) is 18.2 Å². The van der Waals surface area contributed by atoms with Crippen LogP contribution in [0.2, 0.25) is 0 Å². The maximum absolute atomic E-state index is 12.7. The normalized spacial score (nSPS) is 12.1. The molecular formula is C37H57NO5. The Labute approximate surface area is 260 Å². The number of carbonyl (C=O) groups is 1. The molecule has 0 heterocycles. The monoisotopic (exact) mass is 595 g/mol. The number of hydrogen-bond donors (Lipinski definition) is 3. The van der Waals surface area contributed by atoms with Crippen LogP contribution in [0, 0.1) is 0 Å². The summed E-state index contributed by atoms with van der Waals surface area (Å²) in [6.45, 7) is 18.4. The smallest absolute Gasteiger partial charge is 0.244 e. The predicted octanol–water partition coefficient (Wildman–Crippen LogP) is 8.98. The van der Waals surface area contributed by atoms with Crippen molar-refractivity contribution in [1.82, 2.24) is 5.32 Å². The molecule has 0 aliphatic carbocycles. The number of hydrogen-bond acceptors (Lipinski definition) is 5. The van der Waals surface area contributed by atoms with Crippen molar-refractivity contribution in [3.05, 3.63) is 52.6 Å². The van der Waals surface area contributed by atoms with Crippen molar-refractivity contribution in [3.8, 4) is 23.0 Å². The van der Waals surface area contributed by atoms with E-state index in [-0.39, 0.29) is 22.5 Å². The van der Waals surface area contributed by atoms with E-state index in [1.807, 2.05) is 0 Å². The molecule has 2 rings (SSSR count). The Morgan fingerprint density at radius 3 is 1.67 bits per heavy atom. The van der Waals surface area contributed by atoms with Crippen LogP contribution in [0.25, 0.3) is 6.08 Å². The molecule has 0 atom stereocenters. The van der Waals surface area contributed by atoms with Crippen molar-refractivity contribution in [1.29, 1.82) is 0 Å². The van der Waals surface area contributed by atoms with Gasteiger partial charge in [-0.05, 0) is 70.6 Å². The summed E-state index contributed by atoms with van der Waals surface area (Å²) in [5.41, 5.74) is 3.24. The zero-order chi connectivity index (χ0) is 32.0. The molecule has 0 unspecified atom stereocenters. The highest BCUT2D eigenvalue weighted by Gasteiger charge is 2.26. The van der Waals surface area contributed by atoms with Crippen molar-refractivity contribution < 1.29 is 24.5 Å². The zero-order valence-electron chi connectivity index (χ0n) is 28.1. The summed E-state index contributed by atoms with van der Waals surface area (Å²) in [6, 6.07) is 7.61. The van der Waals surface area contributed by atoms with Gasteiger partial charge in [-0.3, -0.25) is 4.79 Å². The first-order valence-corrected chi connectivity index (χ1v) is 16.2. The van der Waals surface area contributed by atoms with Crippen LogP contribution < -0.4 is 14.8 Å². The number of phenols is 2. The second-order valence-corrected chi connectivity index (χ2v) is 13.6. The first-order chi connectivity index (χ1) is 20.3. The van der Waals surface area contributed by atoms with Crippen LogP contribution in [0.4, 0.5) is 0 Å². The molecule has 6 heteroatoms. The van der Waals surface area contributed by atoms with Gasteiger partial charge in [-0.15, -0.1) is 0 Å². The molecule has 3 N–H and O–H groups in total. The standard InChI is InChI=1S/C37H57NO5/c1-9-11-13-15-21-42-31-25-27(26-32(35(31)41)43-22-16-14-12-10-2)17-18-33(39)38-20-19-28-23-29(36(3,4)5)34(40)30(24-28)37(6,7)8/h17-18,23-26,40-41H,9-16,19-22H2,1-8H3,(H,38,39)/b18-17+. The van der Waals surface area contributed by atoms with Gasteiger partial charge >= 0.3 is 0 Å². The van der Waals surface area contributed by atoms with Crippen LogP contribution in [-0.4, -0.2) is 35.9 Å². The molecule has 0 saturated carbocycles. The van der Waals surface area contributed by atoms with Gasteiger partial charge in [0.1, 0.15) is 5.75 Å². The minimum Gasteiger partial charge on any atom is -0.507 e. The summed E-state index contributed by atoms with van der Waals surface area (Å²) in [5, 5.41) is 24.8. The molecule has 240 valence electrons. The van der Waals surface area contributed by atoms with E-state index in [0.29, 0.717) is 43.4 Å². The molecular weight excluding hydrogens is 538 g/mol. The Kier molecular flexibility index (Phi) is 14.4. The molecule has 1 amide bonds. The summed E-state index contributed by atoms with van der Waals surface area (Å²) in [6.07, 6.45) is 12.5. The van der Waals surface area contributed by atoms with E-state index < -0.39 is 0 Å². The summed E-state index contributed by atoms with van der Waals surface area (Å²) in [4.78, 5) is 12.7. The molecule has 43 heavy (non-hydrogen) atoms. The number of nitrogens with one attached hydrogen (secondary N) is 1. The molecule has 0 saturated heterocycles. The summed E-state index contributed by atoms with van der Waals surface area (Å²) in [7, 11) is 0. The van der Waals surface area contributed by atoms with Crippen LogP contribution in [0.1, 0.15) is 129 Å². The Balaban J connectivity index is 2.12. The Morgan fingerprint density at radius 2 is 1.23 bits per heavy atom. The van der Waals surface area contributed by atoms with E-state index in [2.05, 4.69) is 72.8 Å². The van der Waals surface area contributed by atoms with Crippen LogP contribution >= 0.6 is 0 Å². The fraction of sp³-hybridized carbons (Fsp3) is 0.595. The van der Waals surface area contributed by atoms with Crippen LogP contribution in [0.15, 0.2) is 30.3 Å². The van der Waals surface area contributed by atoms with E-state index in [4.69, 9.17) is 9.47 Å². The van der Waals surface area contributed by atoms with E-state index >= 15 is 0 Å². The summed E-state index contributed by atoms with van der Waals surface area (Å²) < 4.78 is 11.8. The van der Waals surface area contributed by atoms with E-state index in [0.717, 1.165) is 73.6 Å². The quantitative estimate of drug-likeness (QED) is 0.125. The van der Waals surface area contributed by atoms with Gasteiger partial charge in [0.15, 0.2) is 11.5 Å². The molecule has 2 aromatic rings. The third-order valence-electron chi connectivity index (χ3n) is 7.50. The minimum atomic E-state index is -0.206. The zero-order valence-corrected chi connectivity index (χ0v) is 28.1. The lowest BCUT2D eigenvalue weighted by atomic mass is 9.78. The van der Waals surface area contributed by atoms with Gasteiger partial charge in [-0.2, -0.15) is 0 Å². The maximum atomic E-state index is 12.7. The van der Waals surface area contributed by atoms with Crippen LogP contribution in [0.5, 0.6) is 23.0 Å². The summed E-state index contributed by atoms with van der Waals surface area (Å²) >= 11 is 0. The average Bonchev–Trinajstić information content (AvgIpc) is 2.93. The van der Waals surface area contributed by atoms with Gasteiger partial charge in [0.25, 0.3) is 0 Å². The molecule has 6 nitrogen and oxygen atoms in total. The second kappa shape index (κ2) is 17.2. The molecule has 2 aromatic carbocycles. The van der Waals surface area contributed by atoms with Gasteiger partial charge < -0.3 is 25.0 Å². The number of amides is 1. The number of carbonyl (C=O) groups excluding carboxylic acids is 1. The Hall–Kier alpha value is -3.15. The SMILES string of the molecule is CCCCCCOc1cc(/C=C/C(=O)NCCc2cc(C(C)(C)C)c(O)c(C(C)(C)C)c2)cc(OCCCCCC)c1O. The van der Waals surface area contributed by atoms with Crippen molar-refractivity contribution in [3.63, 3.8) is 0 Å². The number of unbranched alkanes of at least 4 members (excludes halogenated alkanes) is 6. The first kappa shape index (κ1) is 36.0. The molecule has 0 spiro atoms. The van der Waals surface area contributed by atoms with Gasteiger partial charge in [0, 0.05) is 12.6 Å². The van der Waals surface area contributed by atoms with Crippen LogP contribution in [-0.2, 0) is 22.0 Å². The van der Waals surface area contributed by atoms with Crippen molar-refractivity contribution >= 4 is 12.0 Å². The molecule has 0 aromatic heterocycles. The summed E-state index contributed by atoms with van der Waals surface area (Å²) in [5.74, 6) is 0.908. The molecule has 0 fully saturated rings. The van der Waals surface area contributed by atoms with Gasteiger partial charge in [0.05, 0.1) is 13.2 Å². The number of ether oxygens (including phenoxy) is 2. The molecule has 0 aliphatic rings. The number of rotatable bonds is 17. The number of aromatic hydroxyl groups is 2. The van der Waals surface area contributed by atoms with Crippen LogP contribution in [0.3, 0.4) is 0 Å². The van der Waals surface area contributed by atoms with Crippen molar-refractivity contribution in [2.75, 3.05) is 19.8 Å². The minimum absolute atomic E-state index is 0.00531. The average molecular weight is 596 g/mol. The lowest BCUT2D eigenvalue weighted by Crippen LogP contribution is -2.24. The number of benzene rings is 2. The first-order valence-electron chi connectivity index (χ1n) is 16.2. The van der Waals surface area contributed by atoms with Gasteiger partial charge in [-0.1, -0.05) is 106 Å². The Bertz CT molecular complexity index is 1120.